The first-order valence-electron chi connectivity index (χ1n) is 7.63. The Labute approximate surface area is 139 Å². The zero-order valence-electron chi connectivity index (χ0n) is 12.5. The van der Waals surface area contributed by atoms with Crippen molar-refractivity contribution >= 4 is 17.5 Å². The summed E-state index contributed by atoms with van der Waals surface area (Å²) in [5, 5.41) is 0.640. The Morgan fingerprint density at radius 3 is 2.65 bits per heavy atom. The van der Waals surface area contributed by atoms with Crippen LogP contribution in [0, 0.1) is 0 Å². The molecule has 2 aromatic rings. The van der Waals surface area contributed by atoms with E-state index in [9.17, 15) is 4.79 Å². The van der Waals surface area contributed by atoms with Gasteiger partial charge in [0.2, 0.25) is 12.7 Å². The molecule has 4 nitrogen and oxygen atoms in total. The summed E-state index contributed by atoms with van der Waals surface area (Å²) < 4.78 is 10.8. The van der Waals surface area contributed by atoms with Crippen molar-refractivity contribution in [2.75, 3.05) is 13.3 Å². The van der Waals surface area contributed by atoms with Crippen LogP contribution in [0.25, 0.3) is 0 Å². The summed E-state index contributed by atoms with van der Waals surface area (Å²) in [6.45, 7) is 1.60. The predicted molar refractivity (Wildman–Crippen MR) is 86.8 cm³/mol. The van der Waals surface area contributed by atoms with Crippen molar-refractivity contribution in [2.45, 2.75) is 19.4 Å². The molecular formula is C18H16ClNO3. The molecule has 4 rings (SSSR count). The van der Waals surface area contributed by atoms with Crippen molar-refractivity contribution in [3.63, 3.8) is 0 Å². The van der Waals surface area contributed by atoms with Crippen LogP contribution in [0.3, 0.4) is 0 Å². The van der Waals surface area contributed by atoms with E-state index in [0.717, 1.165) is 35.6 Å². The van der Waals surface area contributed by atoms with Gasteiger partial charge in [0.1, 0.15) is 0 Å². The number of rotatable bonds is 2. The Balaban J connectivity index is 1.51. The molecule has 0 radical (unpaired) electrons. The van der Waals surface area contributed by atoms with Gasteiger partial charge in [-0.1, -0.05) is 29.8 Å². The first kappa shape index (κ1) is 14.4. The van der Waals surface area contributed by atoms with E-state index in [2.05, 4.69) is 0 Å². The van der Waals surface area contributed by atoms with Crippen LogP contribution in [0.4, 0.5) is 0 Å². The van der Waals surface area contributed by atoms with Gasteiger partial charge >= 0.3 is 0 Å². The Hall–Kier alpha value is -2.20. The van der Waals surface area contributed by atoms with Crippen LogP contribution in [-0.2, 0) is 24.2 Å². The highest BCUT2D eigenvalue weighted by Crippen LogP contribution is 2.36. The van der Waals surface area contributed by atoms with E-state index in [1.54, 1.807) is 0 Å². The maximum Gasteiger partial charge on any atom is 0.231 e. The highest BCUT2D eigenvalue weighted by molar-refractivity contribution is 6.31. The van der Waals surface area contributed by atoms with Crippen LogP contribution in [0.15, 0.2) is 36.4 Å². The molecule has 0 saturated carbocycles. The minimum Gasteiger partial charge on any atom is -0.454 e. The van der Waals surface area contributed by atoms with Crippen LogP contribution < -0.4 is 9.47 Å². The van der Waals surface area contributed by atoms with Crippen LogP contribution in [0.1, 0.15) is 16.7 Å². The van der Waals surface area contributed by atoms with Crippen LogP contribution >= 0.6 is 11.6 Å². The molecule has 2 aliphatic rings. The number of carbonyl (C=O) groups excluding carboxylic acids is 1. The van der Waals surface area contributed by atoms with E-state index < -0.39 is 0 Å². The minimum atomic E-state index is 0.0985. The fraction of sp³-hybridized carbons (Fsp3) is 0.278. The smallest absolute Gasteiger partial charge is 0.231 e. The molecule has 0 aromatic heterocycles. The van der Waals surface area contributed by atoms with Crippen molar-refractivity contribution in [3.05, 3.63) is 58.1 Å². The molecule has 0 fully saturated rings. The minimum absolute atomic E-state index is 0.0985. The van der Waals surface area contributed by atoms with E-state index in [1.165, 1.54) is 5.56 Å². The molecule has 5 heteroatoms. The van der Waals surface area contributed by atoms with Gasteiger partial charge in [0.05, 0.1) is 6.42 Å². The molecule has 0 atom stereocenters. The number of benzene rings is 2. The second-order valence-electron chi connectivity index (χ2n) is 5.81. The lowest BCUT2D eigenvalue weighted by Crippen LogP contribution is -2.36. The predicted octanol–water partition coefficient (Wildman–Crippen LogP) is 3.20. The number of hydrogen-bond donors (Lipinski definition) is 0. The van der Waals surface area contributed by atoms with Crippen molar-refractivity contribution in [2.24, 2.45) is 0 Å². The highest BCUT2D eigenvalue weighted by atomic mass is 35.5. The molecule has 1 amide bonds. The standard InChI is InChI=1S/C18H16ClNO3/c19-15-4-2-1-3-13(15)9-18(21)20-6-5-12-7-16-17(23-11-22-16)8-14(12)10-20/h1-4,7-8H,5-6,9-11H2. The number of ether oxygens (including phenoxy) is 2. The Kier molecular flexibility index (Phi) is 3.62. The second-order valence-corrected chi connectivity index (χ2v) is 6.21. The van der Waals surface area contributed by atoms with Crippen LogP contribution in [0.5, 0.6) is 11.5 Å². The lowest BCUT2D eigenvalue weighted by Gasteiger charge is -2.29. The van der Waals surface area contributed by atoms with E-state index in [-0.39, 0.29) is 12.7 Å². The van der Waals surface area contributed by atoms with Gasteiger partial charge in [-0.15, -0.1) is 0 Å². The van der Waals surface area contributed by atoms with Gasteiger partial charge in [-0.3, -0.25) is 4.79 Å². The third-order valence-corrected chi connectivity index (χ3v) is 4.73. The van der Waals surface area contributed by atoms with Crippen molar-refractivity contribution < 1.29 is 14.3 Å². The number of halogens is 1. The lowest BCUT2D eigenvalue weighted by molar-refractivity contribution is -0.131. The number of carbonyl (C=O) groups is 1. The second kappa shape index (κ2) is 5.78. The quantitative estimate of drug-likeness (QED) is 0.849. The lowest BCUT2D eigenvalue weighted by atomic mass is 9.98. The zero-order valence-corrected chi connectivity index (χ0v) is 13.3. The summed E-state index contributed by atoms with van der Waals surface area (Å²) in [5.41, 5.74) is 3.24. The normalized spacial score (nSPS) is 15.4. The zero-order chi connectivity index (χ0) is 15.8. The monoisotopic (exact) mass is 329 g/mol. The molecule has 0 aliphatic carbocycles. The summed E-state index contributed by atoms with van der Waals surface area (Å²) in [6.07, 6.45) is 1.17. The van der Waals surface area contributed by atoms with E-state index in [1.807, 2.05) is 41.3 Å². The molecule has 2 heterocycles. The average Bonchev–Trinajstić information content (AvgIpc) is 3.01. The summed E-state index contributed by atoms with van der Waals surface area (Å²) in [6, 6.07) is 11.5. The van der Waals surface area contributed by atoms with Crippen molar-refractivity contribution in [3.8, 4) is 11.5 Å². The molecule has 118 valence electrons. The Bertz CT molecular complexity index is 775. The maximum atomic E-state index is 12.6. The third kappa shape index (κ3) is 2.75. The van der Waals surface area contributed by atoms with Gasteiger partial charge < -0.3 is 14.4 Å². The number of fused-ring (bicyclic) bond motifs is 2. The van der Waals surface area contributed by atoms with Gasteiger partial charge in [0, 0.05) is 18.1 Å². The third-order valence-electron chi connectivity index (χ3n) is 4.36. The van der Waals surface area contributed by atoms with Gasteiger partial charge in [-0.25, -0.2) is 0 Å². The molecule has 2 aromatic carbocycles. The summed E-state index contributed by atoms with van der Waals surface area (Å²) in [7, 11) is 0. The summed E-state index contributed by atoms with van der Waals surface area (Å²) in [5.74, 6) is 1.67. The molecular weight excluding hydrogens is 314 g/mol. The largest absolute Gasteiger partial charge is 0.454 e. The van der Waals surface area contributed by atoms with Crippen molar-refractivity contribution in [1.82, 2.24) is 4.90 Å². The fourth-order valence-corrected chi connectivity index (χ4v) is 3.28. The van der Waals surface area contributed by atoms with Crippen LogP contribution in [-0.4, -0.2) is 24.1 Å². The van der Waals surface area contributed by atoms with E-state index in [0.29, 0.717) is 18.0 Å². The highest BCUT2D eigenvalue weighted by Gasteiger charge is 2.25. The SMILES string of the molecule is O=C(Cc1ccccc1Cl)N1CCc2cc3c(cc2C1)OCO3. The van der Waals surface area contributed by atoms with E-state index >= 15 is 0 Å². The van der Waals surface area contributed by atoms with Crippen LogP contribution in [0.2, 0.25) is 5.02 Å². The molecule has 0 bridgehead atoms. The molecule has 0 unspecified atom stereocenters. The Morgan fingerprint density at radius 2 is 1.87 bits per heavy atom. The first-order chi connectivity index (χ1) is 11.2. The van der Waals surface area contributed by atoms with Gasteiger partial charge in [-0.05, 0) is 41.3 Å². The number of hydrogen-bond acceptors (Lipinski definition) is 3. The number of amides is 1. The van der Waals surface area contributed by atoms with E-state index in [4.69, 9.17) is 21.1 Å². The van der Waals surface area contributed by atoms with Gasteiger partial charge in [0.25, 0.3) is 0 Å². The van der Waals surface area contributed by atoms with Gasteiger partial charge in [0.15, 0.2) is 11.5 Å². The van der Waals surface area contributed by atoms with Crippen molar-refractivity contribution in [1.29, 1.82) is 0 Å². The number of nitrogens with zero attached hydrogens (tertiary/aromatic N) is 1. The average molecular weight is 330 g/mol. The topological polar surface area (TPSA) is 38.8 Å². The summed E-state index contributed by atoms with van der Waals surface area (Å²) in [4.78, 5) is 14.5. The molecule has 2 aliphatic heterocycles. The summed E-state index contributed by atoms with van der Waals surface area (Å²) >= 11 is 6.15. The molecule has 0 N–H and O–H groups in total. The molecule has 0 spiro atoms. The maximum absolute atomic E-state index is 12.6. The van der Waals surface area contributed by atoms with Gasteiger partial charge in [-0.2, -0.15) is 0 Å². The fourth-order valence-electron chi connectivity index (χ4n) is 3.08. The molecule has 23 heavy (non-hydrogen) atoms. The molecule has 0 saturated heterocycles. The first-order valence-corrected chi connectivity index (χ1v) is 8.01. The Morgan fingerprint density at radius 1 is 1.13 bits per heavy atom.